The van der Waals surface area contributed by atoms with Gasteiger partial charge in [0.2, 0.25) is 0 Å². The van der Waals surface area contributed by atoms with Crippen molar-refractivity contribution >= 4 is 0 Å². The molecule has 0 heterocycles. The van der Waals surface area contributed by atoms with E-state index < -0.39 is 0 Å². The molecule has 0 saturated carbocycles. The van der Waals surface area contributed by atoms with Gasteiger partial charge in [0.15, 0.2) is 5.76 Å². The van der Waals surface area contributed by atoms with Crippen molar-refractivity contribution in [2.24, 2.45) is 0 Å². The molecule has 0 unspecified atom stereocenters. The number of rotatable bonds is 4. The molecule has 0 aromatic heterocycles. The van der Waals surface area contributed by atoms with Crippen molar-refractivity contribution < 1.29 is 9.13 Å². The first kappa shape index (κ1) is 12.9. The molecule has 0 atom stereocenters. The highest BCUT2D eigenvalue weighted by molar-refractivity contribution is 5.39. The summed E-state index contributed by atoms with van der Waals surface area (Å²) < 4.78 is 19.2. The summed E-state index contributed by atoms with van der Waals surface area (Å²) in [7, 11) is 0. The monoisotopic (exact) mass is 246 g/mol. The van der Waals surface area contributed by atoms with Crippen LogP contribution >= 0.6 is 0 Å². The first-order valence-electron chi connectivity index (χ1n) is 6.53. The zero-order valence-corrected chi connectivity index (χ0v) is 11.0. The highest BCUT2D eigenvalue weighted by Gasteiger charge is 2.11. The Morgan fingerprint density at radius 3 is 2.83 bits per heavy atom. The number of allylic oxidation sites excluding steroid dienone is 3. The standard InChI is InChI=1S/C16H19FO/c1-3-6-13-9-10-15(12(2)11-13)18-16-8-5-4-7-14(16)17/h5,8-11H,3-4,6-7H2,1-2H3. The minimum absolute atomic E-state index is 0.158. The van der Waals surface area contributed by atoms with E-state index in [4.69, 9.17) is 4.74 Å². The van der Waals surface area contributed by atoms with Crippen molar-refractivity contribution in [1.82, 2.24) is 0 Å². The Morgan fingerprint density at radius 2 is 2.17 bits per heavy atom. The first-order valence-corrected chi connectivity index (χ1v) is 6.53. The summed E-state index contributed by atoms with van der Waals surface area (Å²) in [5.41, 5.74) is 2.36. The van der Waals surface area contributed by atoms with Gasteiger partial charge < -0.3 is 4.74 Å². The Balaban J connectivity index is 2.17. The van der Waals surface area contributed by atoms with Crippen LogP contribution in [0.2, 0.25) is 0 Å². The lowest BCUT2D eigenvalue weighted by Gasteiger charge is -2.14. The Labute approximate surface area is 108 Å². The second-order valence-electron chi connectivity index (χ2n) is 4.66. The van der Waals surface area contributed by atoms with Crippen LogP contribution in [0.25, 0.3) is 0 Å². The SMILES string of the molecule is CCCc1ccc(OC2=C(F)CCC=C2)c(C)c1. The van der Waals surface area contributed by atoms with Gasteiger partial charge in [0.05, 0.1) is 0 Å². The van der Waals surface area contributed by atoms with Gasteiger partial charge in [-0.25, -0.2) is 4.39 Å². The first-order chi connectivity index (χ1) is 8.70. The second kappa shape index (κ2) is 5.85. The van der Waals surface area contributed by atoms with E-state index in [-0.39, 0.29) is 5.83 Å². The quantitative estimate of drug-likeness (QED) is 0.737. The molecule has 18 heavy (non-hydrogen) atoms. The zero-order chi connectivity index (χ0) is 13.0. The maximum Gasteiger partial charge on any atom is 0.158 e. The summed E-state index contributed by atoms with van der Waals surface area (Å²) in [6, 6.07) is 6.10. The molecule has 1 aliphatic rings. The van der Waals surface area contributed by atoms with Crippen LogP contribution in [0.15, 0.2) is 41.9 Å². The highest BCUT2D eigenvalue weighted by atomic mass is 19.1. The van der Waals surface area contributed by atoms with E-state index >= 15 is 0 Å². The predicted molar refractivity (Wildman–Crippen MR) is 72.3 cm³/mol. The van der Waals surface area contributed by atoms with Gasteiger partial charge in [-0.2, -0.15) is 0 Å². The van der Waals surface area contributed by atoms with Crippen molar-refractivity contribution in [3.8, 4) is 5.75 Å². The Bertz CT molecular complexity index is 486. The van der Waals surface area contributed by atoms with Crippen molar-refractivity contribution in [2.75, 3.05) is 0 Å². The molecule has 0 aliphatic heterocycles. The molecule has 0 spiro atoms. The fourth-order valence-electron chi connectivity index (χ4n) is 2.09. The molecule has 1 nitrogen and oxygen atoms in total. The third-order valence-electron chi connectivity index (χ3n) is 3.07. The van der Waals surface area contributed by atoms with Crippen LogP contribution in [0.4, 0.5) is 4.39 Å². The van der Waals surface area contributed by atoms with Crippen LogP contribution < -0.4 is 4.74 Å². The average molecular weight is 246 g/mol. The Morgan fingerprint density at radius 1 is 1.33 bits per heavy atom. The third-order valence-corrected chi connectivity index (χ3v) is 3.07. The van der Waals surface area contributed by atoms with Crippen molar-refractivity contribution in [3.63, 3.8) is 0 Å². The average Bonchev–Trinajstić information content (AvgIpc) is 2.35. The molecule has 0 bridgehead atoms. The van der Waals surface area contributed by atoms with Crippen LogP contribution in [-0.2, 0) is 6.42 Å². The van der Waals surface area contributed by atoms with Crippen LogP contribution in [-0.4, -0.2) is 0 Å². The van der Waals surface area contributed by atoms with Crippen molar-refractivity contribution in [3.05, 3.63) is 53.1 Å². The molecule has 0 saturated heterocycles. The molecule has 1 aliphatic carbocycles. The zero-order valence-electron chi connectivity index (χ0n) is 11.0. The van der Waals surface area contributed by atoms with E-state index in [1.807, 2.05) is 19.1 Å². The molecule has 0 amide bonds. The highest BCUT2D eigenvalue weighted by Crippen LogP contribution is 2.27. The van der Waals surface area contributed by atoms with Crippen molar-refractivity contribution in [2.45, 2.75) is 39.5 Å². The summed E-state index contributed by atoms with van der Waals surface area (Å²) in [6.07, 6.45) is 7.06. The maximum absolute atomic E-state index is 13.6. The van der Waals surface area contributed by atoms with Crippen LogP contribution in [0.3, 0.4) is 0 Å². The fraction of sp³-hybridized carbons (Fsp3) is 0.375. The van der Waals surface area contributed by atoms with Crippen LogP contribution in [0.1, 0.15) is 37.3 Å². The minimum Gasteiger partial charge on any atom is -0.454 e. The number of ether oxygens (including phenoxy) is 1. The Hall–Kier alpha value is -1.57. The topological polar surface area (TPSA) is 9.23 Å². The number of benzene rings is 1. The minimum atomic E-state index is -0.158. The summed E-state index contributed by atoms with van der Waals surface area (Å²) in [5.74, 6) is 0.939. The number of aryl methyl sites for hydroxylation is 2. The number of halogens is 1. The van der Waals surface area contributed by atoms with Gasteiger partial charge in [0.25, 0.3) is 0 Å². The van der Waals surface area contributed by atoms with E-state index in [0.29, 0.717) is 12.2 Å². The van der Waals surface area contributed by atoms with E-state index in [2.05, 4.69) is 19.1 Å². The van der Waals surface area contributed by atoms with E-state index in [1.54, 1.807) is 6.08 Å². The van der Waals surface area contributed by atoms with Gasteiger partial charge >= 0.3 is 0 Å². The fourth-order valence-corrected chi connectivity index (χ4v) is 2.09. The molecule has 0 N–H and O–H groups in total. The summed E-state index contributed by atoms with van der Waals surface area (Å²) in [6.45, 7) is 4.16. The van der Waals surface area contributed by atoms with Gasteiger partial charge in [-0.1, -0.05) is 31.6 Å². The molecule has 1 aromatic rings. The summed E-state index contributed by atoms with van der Waals surface area (Å²) >= 11 is 0. The van der Waals surface area contributed by atoms with Crippen molar-refractivity contribution in [1.29, 1.82) is 0 Å². The smallest absolute Gasteiger partial charge is 0.158 e. The van der Waals surface area contributed by atoms with E-state index in [9.17, 15) is 4.39 Å². The third kappa shape index (κ3) is 3.00. The van der Waals surface area contributed by atoms with Crippen LogP contribution in [0.5, 0.6) is 5.75 Å². The molecule has 1 aromatic carbocycles. The maximum atomic E-state index is 13.6. The number of hydrogen-bond acceptors (Lipinski definition) is 1. The molecule has 2 rings (SSSR count). The van der Waals surface area contributed by atoms with Gasteiger partial charge in [0.1, 0.15) is 11.6 Å². The van der Waals surface area contributed by atoms with Gasteiger partial charge in [-0.05, 0) is 43.0 Å². The lowest BCUT2D eigenvalue weighted by molar-refractivity contribution is 0.398. The lowest BCUT2D eigenvalue weighted by Crippen LogP contribution is -2.00. The summed E-state index contributed by atoms with van der Waals surface area (Å²) in [5, 5.41) is 0. The number of hydrogen-bond donors (Lipinski definition) is 0. The van der Waals surface area contributed by atoms with Gasteiger partial charge in [-0.3, -0.25) is 0 Å². The van der Waals surface area contributed by atoms with E-state index in [1.165, 1.54) is 5.56 Å². The summed E-state index contributed by atoms with van der Waals surface area (Å²) in [4.78, 5) is 0. The molecule has 0 fully saturated rings. The normalized spacial score (nSPS) is 15.1. The molecule has 96 valence electrons. The lowest BCUT2D eigenvalue weighted by atomic mass is 10.1. The molecule has 2 heteroatoms. The largest absolute Gasteiger partial charge is 0.454 e. The Kier molecular flexibility index (Phi) is 4.19. The predicted octanol–water partition coefficient (Wildman–Crippen LogP) is 4.86. The van der Waals surface area contributed by atoms with E-state index in [0.717, 1.165) is 30.6 Å². The molecular formula is C16H19FO. The molecule has 0 radical (unpaired) electrons. The van der Waals surface area contributed by atoms with Gasteiger partial charge in [-0.15, -0.1) is 0 Å². The van der Waals surface area contributed by atoms with Crippen LogP contribution in [0, 0.1) is 6.92 Å². The molecular weight excluding hydrogens is 227 g/mol. The second-order valence-corrected chi connectivity index (χ2v) is 4.66. The van der Waals surface area contributed by atoms with Gasteiger partial charge in [0, 0.05) is 6.42 Å².